The predicted molar refractivity (Wildman–Crippen MR) is 88.1 cm³/mol. The maximum absolute atomic E-state index is 12.1. The van der Waals surface area contributed by atoms with Crippen LogP contribution in [0.15, 0.2) is 24.5 Å². The summed E-state index contributed by atoms with van der Waals surface area (Å²) in [5, 5.41) is 3.04. The fourth-order valence-electron chi connectivity index (χ4n) is 2.35. The lowest BCUT2D eigenvalue weighted by Crippen LogP contribution is -2.49. The number of nitrogens with zero attached hydrogens (tertiary/aromatic N) is 2. The minimum atomic E-state index is -2.99. The second-order valence-corrected chi connectivity index (χ2v) is 8.65. The molecule has 0 spiro atoms. The van der Waals surface area contributed by atoms with E-state index in [0.29, 0.717) is 5.75 Å². The minimum Gasteiger partial charge on any atom is -0.311 e. The Balaban J connectivity index is 1.80. The van der Waals surface area contributed by atoms with Crippen LogP contribution in [-0.2, 0) is 16.4 Å². The van der Waals surface area contributed by atoms with Crippen molar-refractivity contribution in [3.8, 4) is 0 Å². The van der Waals surface area contributed by atoms with E-state index in [2.05, 4.69) is 15.2 Å². The van der Waals surface area contributed by atoms with E-state index in [0.717, 1.165) is 37.5 Å². The molecule has 1 N–H and O–H groups in total. The molecule has 1 unspecified atom stereocenters. The average Bonchev–Trinajstić information content (AvgIpc) is 2.53. The second kappa shape index (κ2) is 8.12. The van der Waals surface area contributed by atoms with E-state index in [9.17, 15) is 8.42 Å². The number of thioether (sulfide) groups is 1. The molecule has 1 aromatic heterocycles. The molecule has 0 radical (unpaired) electrons. The van der Waals surface area contributed by atoms with Crippen LogP contribution in [0.5, 0.6) is 0 Å². The third-order valence-electron chi connectivity index (χ3n) is 3.64. The van der Waals surface area contributed by atoms with Crippen LogP contribution < -0.4 is 5.32 Å². The Kier molecular flexibility index (Phi) is 6.47. The van der Waals surface area contributed by atoms with Crippen LogP contribution in [0.25, 0.3) is 0 Å². The van der Waals surface area contributed by atoms with E-state index in [1.165, 1.54) is 0 Å². The highest BCUT2D eigenvalue weighted by Crippen LogP contribution is 2.20. The van der Waals surface area contributed by atoms with Crippen molar-refractivity contribution in [1.29, 1.82) is 0 Å². The number of hydrogen-bond donors (Lipinski definition) is 1. The zero-order valence-corrected chi connectivity index (χ0v) is 14.0. The lowest BCUT2D eigenvalue weighted by atomic mass is 10.3. The Hall–Kier alpha value is -0.630. The summed E-state index contributed by atoms with van der Waals surface area (Å²) in [6.45, 7) is 4.90. The van der Waals surface area contributed by atoms with Crippen molar-refractivity contribution >= 4 is 21.6 Å². The molecule has 21 heavy (non-hydrogen) atoms. The zero-order chi connectivity index (χ0) is 15.1. The van der Waals surface area contributed by atoms with Gasteiger partial charge < -0.3 is 5.32 Å². The number of pyridine rings is 1. The van der Waals surface area contributed by atoms with Gasteiger partial charge in [0.25, 0.3) is 0 Å². The van der Waals surface area contributed by atoms with E-state index in [1.54, 1.807) is 24.9 Å². The number of aromatic nitrogens is 1. The zero-order valence-electron chi connectivity index (χ0n) is 12.4. The van der Waals surface area contributed by atoms with Crippen LogP contribution >= 0.6 is 11.8 Å². The smallest absolute Gasteiger partial charge is 0.166 e. The van der Waals surface area contributed by atoms with Crippen LogP contribution in [0, 0.1) is 0 Å². The summed E-state index contributed by atoms with van der Waals surface area (Å²) >= 11 is 1.74. The van der Waals surface area contributed by atoms with Crippen molar-refractivity contribution in [2.75, 3.05) is 36.9 Å². The molecule has 5 nitrogen and oxygen atoms in total. The van der Waals surface area contributed by atoms with Crippen molar-refractivity contribution in [2.24, 2.45) is 0 Å². The van der Waals surface area contributed by atoms with Gasteiger partial charge in [-0.05, 0) is 11.6 Å². The second-order valence-electron chi connectivity index (χ2n) is 5.06. The number of hydrogen-bond acceptors (Lipinski definition) is 6. The molecule has 2 rings (SSSR count). The van der Waals surface area contributed by atoms with E-state index < -0.39 is 9.84 Å². The highest BCUT2D eigenvalue weighted by atomic mass is 32.2. The highest BCUT2D eigenvalue weighted by Gasteiger charge is 2.32. The van der Waals surface area contributed by atoms with Crippen molar-refractivity contribution in [2.45, 2.75) is 18.8 Å². The Bertz CT molecular complexity index is 522. The summed E-state index contributed by atoms with van der Waals surface area (Å²) in [5.74, 6) is 1.93. The first kappa shape index (κ1) is 16.7. The third-order valence-corrected chi connectivity index (χ3v) is 6.97. The molecule has 1 aliphatic heterocycles. The Morgan fingerprint density at radius 3 is 3.10 bits per heavy atom. The van der Waals surface area contributed by atoms with Gasteiger partial charge in [0, 0.05) is 55.8 Å². The van der Waals surface area contributed by atoms with E-state index in [1.807, 2.05) is 18.3 Å². The van der Waals surface area contributed by atoms with Gasteiger partial charge in [-0.15, -0.1) is 0 Å². The maximum Gasteiger partial charge on any atom is 0.166 e. The van der Waals surface area contributed by atoms with Crippen LogP contribution in [0.1, 0.15) is 12.5 Å². The minimum absolute atomic E-state index is 0.220. The molecule has 0 aromatic carbocycles. The largest absolute Gasteiger partial charge is 0.311 e. The van der Waals surface area contributed by atoms with Crippen LogP contribution in [0.2, 0.25) is 0 Å². The summed E-state index contributed by atoms with van der Waals surface area (Å²) in [6.07, 6.45) is 3.60. The van der Waals surface area contributed by atoms with Crippen molar-refractivity contribution in [1.82, 2.24) is 15.2 Å². The molecular formula is C14H23N3O2S2. The average molecular weight is 329 g/mol. The molecule has 7 heteroatoms. The topological polar surface area (TPSA) is 62.3 Å². The van der Waals surface area contributed by atoms with Gasteiger partial charge in [0.1, 0.15) is 5.37 Å². The Morgan fingerprint density at radius 1 is 1.52 bits per heavy atom. The lowest BCUT2D eigenvalue weighted by molar-refractivity contribution is 0.269. The molecule has 0 amide bonds. The first-order valence-corrected chi connectivity index (χ1v) is 10.1. The van der Waals surface area contributed by atoms with Gasteiger partial charge >= 0.3 is 0 Å². The van der Waals surface area contributed by atoms with E-state index >= 15 is 0 Å². The van der Waals surface area contributed by atoms with Crippen molar-refractivity contribution in [3.63, 3.8) is 0 Å². The third kappa shape index (κ3) is 4.95. The molecule has 1 fully saturated rings. The fraction of sp³-hybridized carbons (Fsp3) is 0.643. The number of rotatable bonds is 7. The molecule has 118 valence electrons. The van der Waals surface area contributed by atoms with Crippen molar-refractivity contribution in [3.05, 3.63) is 30.1 Å². The van der Waals surface area contributed by atoms with E-state index in [-0.39, 0.29) is 11.1 Å². The molecular weight excluding hydrogens is 306 g/mol. The first-order chi connectivity index (χ1) is 10.1. The molecule has 1 atom stereocenters. The summed E-state index contributed by atoms with van der Waals surface area (Å²) in [5.41, 5.74) is 1.14. The summed E-state index contributed by atoms with van der Waals surface area (Å²) in [6, 6.07) is 3.95. The predicted octanol–water partition coefficient (Wildman–Crippen LogP) is 0.981. The van der Waals surface area contributed by atoms with Gasteiger partial charge in [-0.2, -0.15) is 11.8 Å². The van der Waals surface area contributed by atoms with Crippen molar-refractivity contribution < 1.29 is 8.42 Å². The number of sulfone groups is 1. The normalized spacial score (nSPS) is 20.5. The highest BCUT2D eigenvalue weighted by molar-refractivity contribution is 8.01. The summed E-state index contributed by atoms with van der Waals surface area (Å²) in [7, 11) is -2.99. The molecule has 1 aromatic rings. The summed E-state index contributed by atoms with van der Waals surface area (Å²) in [4.78, 5) is 6.18. The van der Waals surface area contributed by atoms with Gasteiger partial charge in [0.2, 0.25) is 0 Å². The Labute approximate surface area is 131 Å². The van der Waals surface area contributed by atoms with Crippen LogP contribution in [0.4, 0.5) is 0 Å². The van der Waals surface area contributed by atoms with Crippen LogP contribution in [-0.4, -0.2) is 60.6 Å². The van der Waals surface area contributed by atoms with Gasteiger partial charge in [0.15, 0.2) is 9.84 Å². The molecule has 1 aliphatic rings. The SMILES string of the molecule is CCS(=O)(=O)C1CSCCN1CCNCc1cccnc1. The fourth-order valence-corrected chi connectivity index (χ4v) is 5.46. The monoisotopic (exact) mass is 329 g/mol. The maximum atomic E-state index is 12.1. The number of nitrogens with one attached hydrogen (secondary N) is 1. The lowest BCUT2D eigenvalue weighted by Gasteiger charge is -2.34. The molecule has 2 heterocycles. The Morgan fingerprint density at radius 2 is 2.38 bits per heavy atom. The van der Waals surface area contributed by atoms with Gasteiger partial charge in [-0.25, -0.2) is 8.42 Å². The quantitative estimate of drug-likeness (QED) is 0.753. The molecule has 0 saturated carbocycles. The first-order valence-electron chi connectivity index (χ1n) is 7.26. The van der Waals surface area contributed by atoms with Crippen LogP contribution in [0.3, 0.4) is 0 Å². The molecule has 0 aliphatic carbocycles. The molecule has 0 bridgehead atoms. The van der Waals surface area contributed by atoms with E-state index in [4.69, 9.17) is 0 Å². The standard InChI is InChI=1S/C14H23N3O2S2/c1-2-21(18,19)14-12-20-9-8-17(14)7-6-16-11-13-4-3-5-15-10-13/h3-5,10,14,16H,2,6-9,11-12H2,1H3. The van der Waals surface area contributed by atoms with Gasteiger partial charge in [0.05, 0.1) is 0 Å². The molecule has 1 saturated heterocycles. The van der Waals surface area contributed by atoms with Gasteiger partial charge in [-0.1, -0.05) is 13.0 Å². The summed E-state index contributed by atoms with van der Waals surface area (Å²) < 4.78 is 24.3. The van der Waals surface area contributed by atoms with Gasteiger partial charge in [-0.3, -0.25) is 9.88 Å².